The number of benzene rings is 3. The molecule has 1 aliphatic carbocycles. The van der Waals surface area contributed by atoms with Crippen molar-refractivity contribution in [2.24, 2.45) is 0 Å². The molecule has 2 heterocycles. The SMILES string of the molecule is Cc1cc(C2(c3ccc(CC(O)COCC4CO4)c(C)c3)CCc3ccccc32)ccc1CC(O)COCC1CO1. The summed E-state index contributed by atoms with van der Waals surface area (Å²) in [5.41, 5.74) is 9.73. The normalized spacial score (nSPS) is 24.2. The Balaban J connectivity index is 1.24. The minimum Gasteiger partial charge on any atom is -0.390 e. The van der Waals surface area contributed by atoms with Gasteiger partial charge < -0.3 is 29.2 Å². The van der Waals surface area contributed by atoms with E-state index in [1.165, 1.54) is 33.4 Å². The van der Waals surface area contributed by atoms with Crippen LogP contribution in [-0.2, 0) is 43.6 Å². The second-order valence-corrected chi connectivity index (χ2v) is 12.0. The van der Waals surface area contributed by atoms with Gasteiger partial charge in [0.25, 0.3) is 0 Å². The first kappa shape index (κ1) is 28.5. The summed E-state index contributed by atoms with van der Waals surface area (Å²) >= 11 is 0. The summed E-state index contributed by atoms with van der Waals surface area (Å²) in [6.45, 7) is 7.56. The smallest absolute Gasteiger partial charge is 0.104 e. The van der Waals surface area contributed by atoms with Crippen LogP contribution in [0.1, 0.15) is 50.9 Å². The van der Waals surface area contributed by atoms with Crippen molar-refractivity contribution >= 4 is 0 Å². The van der Waals surface area contributed by atoms with Gasteiger partial charge in [0.05, 0.1) is 51.8 Å². The number of hydrogen-bond acceptors (Lipinski definition) is 6. The Bertz CT molecular complexity index is 1270. The maximum absolute atomic E-state index is 10.6. The average molecular weight is 559 g/mol. The predicted octanol–water partition coefficient (Wildman–Crippen LogP) is 4.22. The maximum atomic E-state index is 10.6. The van der Waals surface area contributed by atoms with E-state index in [0.717, 1.165) is 37.2 Å². The molecule has 0 spiro atoms. The number of hydrogen-bond donors (Lipinski definition) is 2. The topological polar surface area (TPSA) is 84.0 Å². The van der Waals surface area contributed by atoms with Gasteiger partial charge >= 0.3 is 0 Å². The molecule has 2 saturated heterocycles. The third kappa shape index (κ3) is 6.59. The molecule has 6 nitrogen and oxygen atoms in total. The molecule has 41 heavy (non-hydrogen) atoms. The summed E-state index contributed by atoms with van der Waals surface area (Å²) in [4.78, 5) is 0. The molecular weight excluding hydrogens is 516 g/mol. The zero-order valence-corrected chi connectivity index (χ0v) is 24.2. The first-order valence-electron chi connectivity index (χ1n) is 15.0. The van der Waals surface area contributed by atoms with Crippen molar-refractivity contribution < 1.29 is 29.2 Å². The maximum Gasteiger partial charge on any atom is 0.104 e. The first-order valence-corrected chi connectivity index (χ1v) is 15.0. The number of rotatable bonds is 14. The molecule has 0 saturated carbocycles. The molecule has 0 amide bonds. The van der Waals surface area contributed by atoms with Crippen molar-refractivity contribution in [3.05, 3.63) is 105 Å². The van der Waals surface area contributed by atoms with Gasteiger partial charge in [0, 0.05) is 18.3 Å². The molecule has 4 unspecified atom stereocenters. The summed E-state index contributed by atoms with van der Waals surface area (Å²) in [5, 5.41) is 21.2. The van der Waals surface area contributed by atoms with Crippen LogP contribution in [0.2, 0.25) is 0 Å². The van der Waals surface area contributed by atoms with Crippen LogP contribution in [0.15, 0.2) is 60.7 Å². The van der Waals surface area contributed by atoms with Crippen LogP contribution in [-0.4, -0.2) is 74.3 Å². The number of aliphatic hydroxyl groups is 2. The quantitative estimate of drug-likeness (QED) is 0.288. The van der Waals surface area contributed by atoms with Crippen molar-refractivity contribution in [3.8, 4) is 0 Å². The van der Waals surface area contributed by atoms with E-state index in [2.05, 4.69) is 74.5 Å². The van der Waals surface area contributed by atoms with Gasteiger partial charge in [-0.25, -0.2) is 0 Å². The van der Waals surface area contributed by atoms with Crippen LogP contribution in [0.4, 0.5) is 0 Å². The van der Waals surface area contributed by atoms with Crippen LogP contribution in [0.5, 0.6) is 0 Å². The van der Waals surface area contributed by atoms with Gasteiger partial charge in [0.1, 0.15) is 12.2 Å². The van der Waals surface area contributed by atoms with Crippen molar-refractivity contribution in [3.63, 3.8) is 0 Å². The lowest BCUT2D eigenvalue weighted by atomic mass is 9.69. The van der Waals surface area contributed by atoms with Crippen molar-refractivity contribution in [2.75, 3.05) is 39.6 Å². The van der Waals surface area contributed by atoms with Crippen LogP contribution in [0, 0.1) is 13.8 Å². The number of aryl methyl sites for hydroxylation is 3. The number of ether oxygens (including phenoxy) is 4. The summed E-state index contributed by atoms with van der Waals surface area (Å²) in [6, 6.07) is 22.3. The second-order valence-electron chi connectivity index (χ2n) is 12.0. The van der Waals surface area contributed by atoms with E-state index < -0.39 is 12.2 Å². The molecule has 6 rings (SSSR count). The Hall–Kier alpha value is -2.58. The Labute approximate surface area is 243 Å². The number of epoxide rings is 2. The van der Waals surface area contributed by atoms with Crippen molar-refractivity contribution in [1.29, 1.82) is 0 Å². The third-order valence-corrected chi connectivity index (χ3v) is 8.86. The predicted molar refractivity (Wildman–Crippen MR) is 158 cm³/mol. The highest BCUT2D eigenvalue weighted by Crippen LogP contribution is 2.49. The molecule has 2 fully saturated rings. The highest BCUT2D eigenvalue weighted by Gasteiger charge is 2.42. The zero-order chi connectivity index (χ0) is 28.4. The Morgan fingerprint density at radius 1 is 0.780 bits per heavy atom. The van der Waals surface area contributed by atoms with E-state index in [4.69, 9.17) is 18.9 Å². The Morgan fingerprint density at radius 3 is 1.78 bits per heavy atom. The lowest BCUT2D eigenvalue weighted by Crippen LogP contribution is -2.27. The highest BCUT2D eigenvalue weighted by atomic mass is 16.6. The fourth-order valence-electron chi connectivity index (χ4n) is 6.38. The third-order valence-electron chi connectivity index (χ3n) is 8.86. The van der Waals surface area contributed by atoms with Crippen molar-refractivity contribution in [2.45, 2.75) is 69.4 Å². The fraction of sp³-hybridized carbons (Fsp3) is 0.486. The minimum absolute atomic E-state index is 0.206. The van der Waals surface area contributed by atoms with Gasteiger partial charge in [-0.3, -0.25) is 0 Å². The van der Waals surface area contributed by atoms with Crippen LogP contribution >= 0.6 is 0 Å². The molecule has 3 aromatic carbocycles. The van der Waals surface area contributed by atoms with E-state index in [0.29, 0.717) is 39.3 Å². The van der Waals surface area contributed by atoms with Crippen LogP contribution in [0.3, 0.4) is 0 Å². The molecule has 218 valence electrons. The van der Waals surface area contributed by atoms with E-state index in [-0.39, 0.29) is 17.6 Å². The molecule has 0 aromatic heterocycles. The Morgan fingerprint density at radius 2 is 1.29 bits per heavy atom. The van der Waals surface area contributed by atoms with E-state index in [1.807, 2.05) is 0 Å². The monoisotopic (exact) mass is 558 g/mol. The Kier molecular flexibility index (Phi) is 8.59. The van der Waals surface area contributed by atoms with Gasteiger partial charge in [0.15, 0.2) is 0 Å². The van der Waals surface area contributed by atoms with Gasteiger partial charge in [-0.2, -0.15) is 0 Å². The van der Waals surface area contributed by atoms with E-state index in [1.54, 1.807) is 0 Å². The molecular formula is C35H42O6. The fourth-order valence-corrected chi connectivity index (χ4v) is 6.38. The van der Waals surface area contributed by atoms with Crippen LogP contribution in [0.25, 0.3) is 0 Å². The van der Waals surface area contributed by atoms with Gasteiger partial charge in [0.2, 0.25) is 0 Å². The van der Waals surface area contributed by atoms with Gasteiger partial charge in [-0.05, 0) is 71.2 Å². The zero-order valence-electron chi connectivity index (χ0n) is 24.2. The highest BCUT2D eigenvalue weighted by molar-refractivity contribution is 5.58. The number of aliphatic hydroxyl groups excluding tert-OH is 2. The van der Waals surface area contributed by atoms with E-state index >= 15 is 0 Å². The van der Waals surface area contributed by atoms with E-state index in [9.17, 15) is 10.2 Å². The lowest BCUT2D eigenvalue weighted by molar-refractivity contribution is 0.0306. The molecule has 6 heteroatoms. The second kappa shape index (κ2) is 12.3. The lowest BCUT2D eigenvalue weighted by Gasteiger charge is -2.33. The summed E-state index contributed by atoms with van der Waals surface area (Å²) < 4.78 is 21.6. The molecule has 2 N–H and O–H groups in total. The summed E-state index contributed by atoms with van der Waals surface area (Å²) in [7, 11) is 0. The largest absolute Gasteiger partial charge is 0.390 e. The van der Waals surface area contributed by atoms with Crippen molar-refractivity contribution in [1.82, 2.24) is 0 Å². The molecule has 3 aromatic rings. The minimum atomic E-state index is -0.544. The van der Waals surface area contributed by atoms with Gasteiger partial charge in [-0.1, -0.05) is 60.7 Å². The molecule has 2 aliphatic heterocycles. The average Bonchev–Trinajstić information content (AvgIpc) is 3.90. The molecule has 3 aliphatic rings. The molecule has 0 bridgehead atoms. The molecule has 0 radical (unpaired) electrons. The van der Waals surface area contributed by atoms with Crippen LogP contribution < -0.4 is 0 Å². The van der Waals surface area contributed by atoms with Gasteiger partial charge in [-0.15, -0.1) is 0 Å². The first-order chi connectivity index (χ1) is 19.9. The standard InChI is InChI=1S/C35H42O6/c1-23-13-28(9-7-26(23)15-30(36)17-38-19-32-21-40-32)35(12-11-25-5-3-4-6-34(25)35)29-10-8-27(24(2)14-29)16-31(37)18-39-20-33-22-41-33/h3-10,13-14,30-33,36-37H,11-12,15-22H2,1-2H3. The number of fused-ring (bicyclic) bond motifs is 1. The summed E-state index contributed by atoms with van der Waals surface area (Å²) in [5.74, 6) is 0. The molecule has 4 atom stereocenters. The summed E-state index contributed by atoms with van der Waals surface area (Å²) in [6.07, 6.45) is 2.48.